The molecule has 3 heterocycles. The van der Waals surface area contributed by atoms with E-state index in [9.17, 15) is 0 Å². The maximum absolute atomic E-state index is 5.58. The number of ether oxygens (including phenoxy) is 2. The van der Waals surface area contributed by atoms with Crippen LogP contribution in [0.2, 0.25) is 0 Å². The third kappa shape index (κ3) is 1.37. The van der Waals surface area contributed by atoms with Crippen molar-refractivity contribution in [3.63, 3.8) is 0 Å². The Labute approximate surface area is 113 Å². The molecule has 1 aliphatic carbocycles. The van der Waals surface area contributed by atoms with E-state index in [1.165, 1.54) is 37.8 Å². The van der Waals surface area contributed by atoms with E-state index in [0.29, 0.717) is 6.79 Å². The van der Waals surface area contributed by atoms with E-state index >= 15 is 0 Å². The Morgan fingerprint density at radius 2 is 1.95 bits per heavy atom. The molecule has 1 aromatic carbocycles. The predicted molar refractivity (Wildman–Crippen MR) is 71.5 cm³/mol. The molecular formula is C16H19NO2. The Bertz CT molecular complexity index is 542. The lowest BCUT2D eigenvalue weighted by atomic mass is 9.71. The van der Waals surface area contributed by atoms with Gasteiger partial charge >= 0.3 is 0 Å². The van der Waals surface area contributed by atoms with Crippen molar-refractivity contribution in [1.29, 1.82) is 0 Å². The fourth-order valence-corrected chi connectivity index (χ4v) is 4.84. The van der Waals surface area contributed by atoms with Gasteiger partial charge in [-0.3, -0.25) is 4.90 Å². The van der Waals surface area contributed by atoms with Crippen LogP contribution in [0, 0.1) is 5.92 Å². The highest BCUT2D eigenvalue weighted by Crippen LogP contribution is 2.51. The Balaban J connectivity index is 1.65. The zero-order valence-corrected chi connectivity index (χ0v) is 11.1. The van der Waals surface area contributed by atoms with Gasteiger partial charge in [0.05, 0.1) is 0 Å². The van der Waals surface area contributed by atoms with Gasteiger partial charge in [-0.05, 0) is 55.0 Å². The molecule has 100 valence electrons. The van der Waals surface area contributed by atoms with Gasteiger partial charge in [-0.2, -0.15) is 0 Å². The normalized spacial score (nSPS) is 35.1. The van der Waals surface area contributed by atoms with Gasteiger partial charge in [-0.15, -0.1) is 0 Å². The summed E-state index contributed by atoms with van der Waals surface area (Å²) >= 11 is 0. The predicted octanol–water partition coefficient (Wildman–Crippen LogP) is 2.89. The molecular weight excluding hydrogens is 238 g/mol. The quantitative estimate of drug-likeness (QED) is 0.713. The van der Waals surface area contributed by atoms with Gasteiger partial charge in [-0.25, -0.2) is 0 Å². The molecule has 3 nitrogen and oxygen atoms in total. The van der Waals surface area contributed by atoms with Gasteiger partial charge < -0.3 is 9.47 Å². The molecule has 0 aromatic heterocycles. The van der Waals surface area contributed by atoms with Crippen LogP contribution < -0.4 is 9.47 Å². The molecule has 4 aliphatic rings. The summed E-state index contributed by atoms with van der Waals surface area (Å²) in [6, 6.07) is 5.32. The second-order valence-corrected chi connectivity index (χ2v) is 6.45. The topological polar surface area (TPSA) is 21.7 Å². The third-order valence-electron chi connectivity index (χ3n) is 5.60. The van der Waals surface area contributed by atoms with Crippen LogP contribution >= 0.6 is 0 Å². The molecule has 0 amide bonds. The molecule has 19 heavy (non-hydrogen) atoms. The Kier molecular flexibility index (Phi) is 2.03. The van der Waals surface area contributed by atoms with Crippen molar-refractivity contribution in [2.75, 3.05) is 13.3 Å². The van der Waals surface area contributed by atoms with Crippen molar-refractivity contribution in [2.24, 2.45) is 5.92 Å². The monoisotopic (exact) mass is 257 g/mol. The molecule has 5 rings (SSSR count). The van der Waals surface area contributed by atoms with Crippen LogP contribution in [0.1, 0.15) is 42.7 Å². The molecule has 1 saturated heterocycles. The van der Waals surface area contributed by atoms with Crippen LogP contribution in [0.25, 0.3) is 0 Å². The highest BCUT2D eigenvalue weighted by atomic mass is 16.7. The van der Waals surface area contributed by atoms with E-state index in [1.54, 1.807) is 5.56 Å². The van der Waals surface area contributed by atoms with Gasteiger partial charge in [0.15, 0.2) is 11.5 Å². The first-order valence-electron chi connectivity index (χ1n) is 7.56. The van der Waals surface area contributed by atoms with Gasteiger partial charge in [0.1, 0.15) is 0 Å². The van der Waals surface area contributed by atoms with E-state index in [2.05, 4.69) is 17.0 Å². The van der Waals surface area contributed by atoms with Crippen LogP contribution in [0.3, 0.4) is 0 Å². The van der Waals surface area contributed by atoms with Gasteiger partial charge in [0, 0.05) is 18.5 Å². The minimum atomic E-state index is 0.388. The second kappa shape index (κ2) is 3.66. The van der Waals surface area contributed by atoms with Crippen LogP contribution in [0.4, 0.5) is 0 Å². The van der Waals surface area contributed by atoms with E-state index < -0.39 is 0 Å². The van der Waals surface area contributed by atoms with Crippen LogP contribution in [-0.2, 0) is 6.54 Å². The van der Waals surface area contributed by atoms with Crippen molar-refractivity contribution < 1.29 is 9.47 Å². The number of rotatable bonds is 0. The summed E-state index contributed by atoms with van der Waals surface area (Å²) in [5.41, 5.74) is 3.03. The number of nitrogens with zero attached hydrogens (tertiary/aromatic N) is 1. The van der Waals surface area contributed by atoms with Crippen LogP contribution in [0.15, 0.2) is 12.1 Å². The SMILES string of the molecule is c1c2c(cc3c1OCO3)[C@H]1CCC[C@@H]3CCN(C2)[C@H]31. The Morgan fingerprint density at radius 1 is 1.05 bits per heavy atom. The molecule has 0 unspecified atom stereocenters. The molecule has 0 N–H and O–H groups in total. The molecule has 2 fully saturated rings. The highest BCUT2D eigenvalue weighted by molar-refractivity contribution is 5.51. The van der Waals surface area contributed by atoms with Crippen molar-refractivity contribution in [3.05, 3.63) is 23.3 Å². The van der Waals surface area contributed by atoms with Crippen LogP contribution in [-0.4, -0.2) is 24.3 Å². The fraction of sp³-hybridized carbons (Fsp3) is 0.625. The smallest absolute Gasteiger partial charge is 0.231 e. The van der Waals surface area contributed by atoms with Crippen molar-refractivity contribution in [1.82, 2.24) is 4.90 Å². The summed E-state index contributed by atoms with van der Waals surface area (Å²) in [5, 5.41) is 0. The largest absolute Gasteiger partial charge is 0.454 e. The maximum atomic E-state index is 5.58. The summed E-state index contributed by atoms with van der Waals surface area (Å²) in [6.45, 7) is 2.79. The zero-order chi connectivity index (χ0) is 12.4. The minimum absolute atomic E-state index is 0.388. The lowest BCUT2D eigenvalue weighted by Gasteiger charge is -2.43. The van der Waals surface area contributed by atoms with E-state index in [0.717, 1.165) is 35.9 Å². The molecule has 0 radical (unpaired) electrons. The van der Waals surface area contributed by atoms with Gasteiger partial charge in [0.2, 0.25) is 6.79 Å². The lowest BCUT2D eigenvalue weighted by molar-refractivity contribution is 0.134. The third-order valence-corrected chi connectivity index (χ3v) is 5.60. The first-order valence-corrected chi connectivity index (χ1v) is 7.56. The number of hydrogen-bond donors (Lipinski definition) is 0. The summed E-state index contributed by atoms with van der Waals surface area (Å²) in [6.07, 6.45) is 5.59. The molecule has 0 spiro atoms. The maximum Gasteiger partial charge on any atom is 0.231 e. The molecule has 3 aliphatic heterocycles. The van der Waals surface area contributed by atoms with Gasteiger partial charge in [-0.1, -0.05) is 6.42 Å². The van der Waals surface area contributed by atoms with Gasteiger partial charge in [0.25, 0.3) is 0 Å². The first kappa shape index (κ1) is 10.6. The standard InChI is InChI=1S/C16H19NO2/c1-2-10-4-5-17-8-11-6-14-15(19-9-18-14)7-13(11)12(3-1)16(10)17/h6-7,10,12,16H,1-5,8-9H2/t10-,12-,16-/m1/s1. The number of fused-ring (bicyclic) bond motifs is 3. The fourth-order valence-electron chi connectivity index (χ4n) is 4.84. The average Bonchev–Trinajstić information content (AvgIpc) is 3.05. The first-order chi connectivity index (χ1) is 9.40. The number of benzene rings is 1. The molecule has 0 bridgehead atoms. The number of hydrogen-bond acceptors (Lipinski definition) is 3. The van der Waals surface area contributed by atoms with Crippen molar-refractivity contribution in [2.45, 2.75) is 44.2 Å². The minimum Gasteiger partial charge on any atom is -0.454 e. The molecule has 1 saturated carbocycles. The zero-order valence-electron chi connectivity index (χ0n) is 11.1. The van der Waals surface area contributed by atoms with Crippen LogP contribution in [0.5, 0.6) is 11.5 Å². The highest BCUT2D eigenvalue weighted by Gasteiger charge is 2.45. The Morgan fingerprint density at radius 3 is 2.89 bits per heavy atom. The van der Waals surface area contributed by atoms with Crippen molar-refractivity contribution in [3.8, 4) is 11.5 Å². The molecule has 1 aromatic rings. The average molecular weight is 257 g/mol. The Hall–Kier alpha value is -1.22. The lowest BCUT2D eigenvalue weighted by Crippen LogP contribution is -2.43. The summed E-state index contributed by atoms with van der Waals surface area (Å²) < 4.78 is 11.1. The second-order valence-electron chi connectivity index (χ2n) is 6.45. The van der Waals surface area contributed by atoms with E-state index in [1.807, 2.05) is 0 Å². The van der Waals surface area contributed by atoms with E-state index in [4.69, 9.17) is 9.47 Å². The summed E-state index contributed by atoms with van der Waals surface area (Å²) in [5.74, 6) is 3.59. The summed E-state index contributed by atoms with van der Waals surface area (Å²) in [7, 11) is 0. The molecule has 3 heteroatoms. The summed E-state index contributed by atoms with van der Waals surface area (Å²) in [4.78, 5) is 2.72. The molecule has 3 atom stereocenters. The van der Waals surface area contributed by atoms with Crippen molar-refractivity contribution >= 4 is 0 Å². The van der Waals surface area contributed by atoms with E-state index in [-0.39, 0.29) is 0 Å².